The van der Waals surface area contributed by atoms with Crippen LogP contribution in [0, 0.1) is 0 Å². The number of hydrogen-bond donors (Lipinski definition) is 0. The highest BCUT2D eigenvalue weighted by molar-refractivity contribution is 6.42. The van der Waals surface area contributed by atoms with Crippen LogP contribution in [0.25, 0.3) is 10.9 Å². The lowest BCUT2D eigenvalue weighted by Crippen LogP contribution is -1.98. The average Bonchev–Trinajstić information content (AvgIpc) is 2.85. The largest absolute Gasteiger partial charge is 0.343 e. The average molecular weight is 318 g/mol. The molecule has 0 atom stereocenters. The van der Waals surface area contributed by atoms with Gasteiger partial charge in [-0.3, -0.25) is 0 Å². The van der Waals surface area contributed by atoms with E-state index in [1.54, 1.807) is 0 Å². The molecular formula is C18H17Cl2N. The second-order valence-electron chi connectivity index (χ2n) is 5.67. The summed E-state index contributed by atoms with van der Waals surface area (Å²) in [4.78, 5) is 0. The molecule has 1 nitrogen and oxygen atoms in total. The Morgan fingerprint density at radius 1 is 0.952 bits per heavy atom. The Morgan fingerprint density at radius 3 is 2.48 bits per heavy atom. The number of benzene rings is 2. The van der Waals surface area contributed by atoms with E-state index in [1.807, 2.05) is 18.2 Å². The molecule has 0 aliphatic rings. The van der Waals surface area contributed by atoms with Crippen molar-refractivity contribution in [2.45, 2.75) is 26.3 Å². The van der Waals surface area contributed by atoms with Crippen molar-refractivity contribution >= 4 is 34.1 Å². The first-order valence-electron chi connectivity index (χ1n) is 7.07. The van der Waals surface area contributed by atoms with E-state index in [0.717, 1.165) is 12.1 Å². The second-order valence-corrected chi connectivity index (χ2v) is 6.48. The highest BCUT2D eigenvalue weighted by Crippen LogP contribution is 2.25. The fourth-order valence-electron chi connectivity index (χ4n) is 2.55. The highest BCUT2D eigenvalue weighted by Gasteiger charge is 2.06. The normalized spacial score (nSPS) is 11.5. The van der Waals surface area contributed by atoms with E-state index >= 15 is 0 Å². The van der Waals surface area contributed by atoms with Crippen molar-refractivity contribution < 1.29 is 0 Å². The van der Waals surface area contributed by atoms with E-state index in [-0.39, 0.29) is 0 Å². The third-order valence-electron chi connectivity index (χ3n) is 3.80. The van der Waals surface area contributed by atoms with E-state index in [1.165, 1.54) is 16.5 Å². The zero-order chi connectivity index (χ0) is 15.0. The zero-order valence-corrected chi connectivity index (χ0v) is 13.6. The summed E-state index contributed by atoms with van der Waals surface area (Å²) in [7, 11) is 0. The smallest absolute Gasteiger partial charge is 0.0595 e. The first-order chi connectivity index (χ1) is 10.0. The number of fused-ring (bicyclic) bond motifs is 1. The van der Waals surface area contributed by atoms with Crippen molar-refractivity contribution in [3.63, 3.8) is 0 Å². The highest BCUT2D eigenvalue weighted by atomic mass is 35.5. The van der Waals surface area contributed by atoms with Crippen LogP contribution >= 0.6 is 23.2 Å². The van der Waals surface area contributed by atoms with Gasteiger partial charge in [0, 0.05) is 18.3 Å². The van der Waals surface area contributed by atoms with E-state index in [9.17, 15) is 0 Å². The van der Waals surface area contributed by atoms with Gasteiger partial charge < -0.3 is 4.57 Å². The van der Waals surface area contributed by atoms with Gasteiger partial charge in [-0.2, -0.15) is 0 Å². The van der Waals surface area contributed by atoms with Crippen LogP contribution in [-0.4, -0.2) is 4.57 Å². The third kappa shape index (κ3) is 2.95. The SMILES string of the molecule is CC(C)c1ccc2c(ccn2Cc2ccc(Cl)c(Cl)c2)c1. The Hall–Kier alpha value is -1.44. The molecule has 0 saturated carbocycles. The summed E-state index contributed by atoms with van der Waals surface area (Å²) in [5.41, 5.74) is 3.76. The van der Waals surface area contributed by atoms with Gasteiger partial charge in [0.2, 0.25) is 0 Å². The van der Waals surface area contributed by atoms with Crippen LogP contribution in [0.5, 0.6) is 0 Å². The molecule has 21 heavy (non-hydrogen) atoms. The van der Waals surface area contributed by atoms with Crippen molar-refractivity contribution in [1.82, 2.24) is 4.57 Å². The van der Waals surface area contributed by atoms with Gasteiger partial charge in [0.1, 0.15) is 0 Å². The summed E-state index contributed by atoms with van der Waals surface area (Å²) >= 11 is 12.1. The molecule has 3 rings (SSSR count). The lowest BCUT2D eigenvalue weighted by atomic mass is 10.0. The zero-order valence-electron chi connectivity index (χ0n) is 12.1. The van der Waals surface area contributed by atoms with Gasteiger partial charge in [-0.15, -0.1) is 0 Å². The Bertz CT molecular complexity index is 787. The Balaban J connectivity index is 1.95. The molecule has 108 valence electrons. The van der Waals surface area contributed by atoms with Crippen LogP contribution in [-0.2, 0) is 6.54 Å². The van der Waals surface area contributed by atoms with Gasteiger partial charge in [-0.25, -0.2) is 0 Å². The molecule has 0 aliphatic heterocycles. The lowest BCUT2D eigenvalue weighted by Gasteiger charge is -2.09. The summed E-state index contributed by atoms with van der Waals surface area (Å²) < 4.78 is 2.24. The first kappa shape index (κ1) is 14.5. The Kier molecular flexibility index (Phi) is 3.97. The Morgan fingerprint density at radius 2 is 1.76 bits per heavy atom. The van der Waals surface area contributed by atoms with Gasteiger partial charge >= 0.3 is 0 Å². The molecular weight excluding hydrogens is 301 g/mol. The van der Waals surface area contributed by atoms with Gasteiger partial charge in [-0.1, -0.05) is 49.2 Å². The number of halogens is 2. The maximum absolute atomic E-state index is 6.09. The molecule has 1 aromatic heterocycles. The predicted octanol–water partition coefficient (Wildman–Crippen LogP) is 6.12. The fraction of sp³-hybridized carbons (Fsp3) is 0.222. The number of aromatic nitrogens is 1. The van der Waals surface area contributed by atoms with Crippen molar-refractivity contribution in [1.29, 1.82) is 0 Å². The van der Waals surface area contributed by atoms with Crippen LogP contribution in [0.3, 0.4) is 0 Å². The van der Waals surface area contributed by atoms with Crippen LogP contribution < -0.4 is 0 Å². The third-order valence-corrected chi connectivity index (χ3v) is 4.54. The fourth-order valence-corrected chi connectivity index (χ4v) is 2.87. The van der Waals surface area contributed by atoms with Crippen LogP contribution in [0.15, 0.2) is 48.7 Å². The number of rotatable bonds is 3. The number of hydrogen-bond acceptors (Lipinski definition) is 0. The van der Waals surface area contributed by atoms with E-state index < -0.39 is 0 Å². The number of nitrogens with zero attached hydrogens (tertiary/aromatic N) is 1. The molecule has 0 amide bonds. The molecule has 0 saturated heterocycles. The quantitative estimate of drug-likeness (QED) is 0.548. The van der Waals surface area contributed by atoms with Crippen molar-refractivity contribution in [3.05, 3.63) is 69.8 Å². The molecule has 3 aromatic rings. The standard InChI is InChI=1S/C18H17Cl2N/c1-12(2)14-4-6-18-15(10-14)7-8-21(18)11-13-3-5-16(19)17(20)9-13/h3-10,12H,11H2,1-2H3. The molecule has 0 aliphatic carbocycles. The van der Waals surface area contributed by atoms with Crippen LogP contribution in [0.2, 0.25) is 10.0 Å². The minimum absolute atomic E-state index is 0.549. The maximum Gasteiger partial charge on any atom is 0.0595 e. The van der Waals surface area contributed by atoms with Crippen molar-refractivity contribution in [2.75, 3.05) is 0 Å². The molecule has 0 N–H and O–H groups in total. The lowest BCUT2D eigenvalue weighted by molar-refractivity contribution is 0.835. The van der Waals surface area contributed by atoms with Gasteiger partial charge in [-0.05, 0) is 52.8 Å². The molecule has 1 heterocycles. The van der Waals surface area contributed by atoms with Gasteiger partial charge in [0.15, 0.2) is 0 Å². The molecule has 0 fully saturated rings. The molecule has 2 aromatic carbocycles. The molecule has 0 radical (unpaired) electrons. The second kappa shape index (κ2) is 5.75. The van der Waals surface area contributed by atoms with Crippen molar-refractivity contribution in [3.8, 4) is 0 Å². The summed E-state index contributed by atoms with van der Waals surface area (Å²) in [6, 6.07) is 14.6. The topological polar surface area (TPSA) is 4.93 Å². The van der Waals surface area contributed by atoms with E-state index in [2.05, 4.69) is 48.9 Å². The summed E-state index contributed by atoms with van der Waals surface area (Å²) in [5.74, 6) is 0.549. The maximum atomic E-state index is 6.09. The van der Waals surface area contributed by atoms with Gasteiger partial charge in [0.25, 0.3) is 0 Å². The van der Waals surface area contributed by atoms with Crippen molar-refractivity contribution in [2.24, 2.45) is 0 Å². The van der Waals surface area contributed by atoms with E-state index in [4.69, 9.17) is 23.2 Å². The summed E-state index contributed by atoms with van der Waals surface area (Å²) in [5, 5.41) is 2.48. The van der Waals surface area contributed by atoms with Crippen LogP contribution in [0.1, 0.15) is 30.9 Å². The monoisotopic (exact) mass is 317 g/mol. The minimum Gasteiger partial charge on any atom is -0.343 e. The summed E-state index contributed by atoms with van der Waals surface area (Å²) in [6.45, 7) is 5.23. The Labute approximate surface area is 135 Å². The molecule has 0 bridgehead atoms. The predicted molar refractivity (Wildman–Crippen MR) is 91.6 cm³/mol. The van der Waals surface area contributed by atoms with Crippen LogP contribution in [0.4, 0.5) is 0 Å². The summed E-state index contributed by atoms with van der Waals surface area (Å²) in [6.07, 6.45) is 2.12. The van der Waals surface area contributed by atoms with Gasteiger partial charge in [0.05, 0.1) is 10.0 Å². The molecule has 3 heteroatoms. The molecule has 0 spiro atoms. The molecule has 0 unspecified atom stereocenters. The van der Waals surface area contributed by atoms with E-state index in [0.29, 0.717) is 16.0 Å². The first-order valence-corrected chi connectivity index (χ1v) is 7.83. The minimum atomic E-state index is 0.549.